The zero-order valence-corrected chi connectivity index (χ0v) is 15.0. The van der Waals surface area contributed by atoms with Crippen molar-refractivity contribution in [1.82, 2.24) is 25.0 Å². The third kappa shape index (κ3) is 3.46. The van der Waals surface area contributed by atoms with Gasteiger partial charge in [0.25, 0.3) is 5.91 Å². The van der Waals surface area contributed by atoms with Crippen LogP contribution in [0.2, 0.25) is 0 Å². The molecule has 0 aliphatic carbocycles. The van der Waals surface area contributed by atoms with Crippen molar-refractivity contribution in [2.24, 2.45) is 0 Å². The van der Waals surface area contributed by atoms with E-state index in [2.05, 4.69) is 15.4 Å². The molecule has 4 rings (SSSR count). The van der Waals surface area contributed by atoms with Crippen molar-refractivity contribution in [3.05, 3.63) is 77.6 Å². The first kappa shape index (κ1) is 17.4. The first-order chi connectivity index (χ1) is 13.1. The highest BCUT2D eigenvalue weighted by Gasteiger charge is 2.29. The molecule has 1 unspecified atom stereocenters. The van der Waals surface area contributed by atoms with Crippen LogP contribution in [0.5, 0.6) is 0 Å². The lowest BCUT2D eigenvalue weighted by Gasteiger charge is -2.37. The van der Waals surface area contributed by atoms with Gasteiger partial charge >= 0.3 is 0 Å². The highest BCUT2D eigenvalue weighted by atomic mass is 19.1. The number of nitrogens with one attached hydrogen (secondary N) is 1. The van der Waals surface area contributed by atoms with E-state index in [0.29, 0.717) is 25.2 Å². The quantitative estimate of drug-likeness (QED) is 0.775. The Morgan fingerprint density at radius 1 is 1.26 bits per heavy atom. The predicted octanol–water partition coefficient (Wildman–Crippen LogP) is 2.50. The van der Waals surface area contributed by atoms with E-state index in [1.165, 1.54) is 18.5 Å². The molecule has 0 radical (unpaired) electrons. The van der Waals surface area contributed by atoms with Crippen LogP contribution in [0.3, 0.4) is 0 Å². The second-order valence-electron chi connectivity index (χ2n) is 6.61. The van der Waals surface area contributed by atoms with E-state index in [1.54, 1.807) is 17.1 Å². The molecule has 1 atom stereocenters. The van der Waals surface area contributed by atoms with Crippen LogP contribution in [0.1, 0.15) is 27.5 Å². The molecule has 138 valence electrons. The molecular formula is C20H20FN5O. The number of halogens is 1. The van der Waals surface area contributed by atoms with Gasteiger partial charge in [-0.2, -0.15) is 5.10 Å². The lowest BCUT2D eigenvalue weighted by atomic mass is 10.00. The molecule has 1 amide bonds. The average Bonchev–Trinajstić information content (AvgIpc) is 3.22. The summed E-state index contributed by atoms with van der Waals surface area (Å²) in [5.41, 5.74) is 3.16. The van der Waals surface area contributed by atoms with Gasteiger partial charge in [0.15, 0.2) is 0 Å². The van der Waals surface area contributed by atoms with E-state index >= 15 is 0 Å². The van der Waals surface area contributed by atoms with E-state index < -0.39 is 0 Å². The van der Waals surface area contributed by atoms with Gasteiger partial charge in [-0.15, -0.1) is 0 Å². The van der Waals surface area contributed by atoms with Gasteiger partial charge < -0.3 is 10.2 Å². The molecule has 6 nitrogen and oxygen atoms in total. The van der Waals surface area contributed by atoms with Crippen molar-refractivity contribution in [2.75, 3.05) is 19.6 Å². The highest BCUT2D eigenvalue weighted by molar-refractivity contribution is 5.96. The average molecular weight is 365 g/mol. The van der Waals surface area contributed by atoms with Crippen LogP contribution in [0.4, 0.5) is 4.39 Å². The minimum Gasteiger partial charge on any atom is -0.329 e. The second kappa shape index (κ2) is 7.28. The van der Waals surface area contributed by atoms with E-state index in [-0.39, 0.29) is 17.8 Å². The maximum atomic E-state index is 13.7. The van der Waals surface area contributed by atoms with Gasteiger partial charge in [0.2, 0.25) is 0 Å². The van der Waals surface area contributed by atoms with Gasteiger partial charge in [-0.25, -0.2) is 14.1 Å². The van der Waals surface area contributed by atoms with Gasteiger partial charge in [0.05, 0.1) is 11.7 Å². The lowest BCUT2D eigenvalue weighted by Crippen LogP contribution is -2.48. The first-order valence-corrected chi connectivity index (χ1v) is 8.86. The fraction of sp³-hybridized carbons (Fsp3) is 0.250. The van der Waals surface area contributed by atoms with E-state index in [0.717, 1.165) is 16.8 Å². The normalized spacial score (nSPS) is 17.1. The summed E-state index contributed by atoms with van der Waals surface area (Å²) in [6.07, 6.45) is 3.09. The Morgan fingerprint density at radius 2 is 2.15 bits per heavy atom. The molecule has 3 aromatic rings. The summed E-state index contributed by atoms with van der Waals surface area (Å²) >= 11 is 0. The summed E-state index contributed by atoms with van der Waals surface area (Å²) in [5, 5.41) is 7.41. The maximum absolute atomic E-state index is 13.7. The SMILES string of the molecule is Cc1cc(-n2cncn2)ccc1C(=O)N1CCNCC1c1cccc(F)c1. The van der Waals surface area contributed by atoms with Crippen molar-refractivity contribution in [2.45, 2.75) is 13.0 Å². The van der Waals surface area contributed by atoms with Crippen LogP contribution in [0.25, 0.3) is 5.69 Å². The molecule has 0 spiro atoms. The van der Waals surface area contributed by atoms with Crippen LogP contribution in [-0.2, 0) is 0 Å². The summed E-state index contributed by atoms with van der Waals surface area (Å²) in [6, 6.07) is 11.9. The van der Waals surface area contributed by atoms with E-state index in [1.807, 2.05) is 36.1 Å². The number of amides is 1. The van der Waals surface area contributed by atoms with Crippen LogP contribution in [0.15, 0.2) is 55.1 Å². The number of aryl methyl sites for hydroxylation is 1. The molecule has 2 aromatic carbocycles. The molecule has 1 saturated heterocycles. The first-order valence-electron chi connectivity index (χ1n) is 8.86. The van der Waals surface area contributed by atoms with Crippen molar-refractivity contribution in [1.29, 1.82) is 0 Å². The molecule has 1 fully saturated rings. The number of rotatable bonds is 3. The highest BCUT2D eigenvalue weighted by Crippen LogP contribution is 2.26. The topological polar surface area (TPSA) is 63.1 Å². The second-order valence-corrected chi connectivity index (χ2v) is 6.61. The maximum Gasteiger partial charge on any atom is 0.254 e. The fourth-order valence-electron chi connectivity index (χ4n) is 3.49. The number of carbonyl (C=O) groups excluding carboxylic acids is 1. The minimum absolute atomic E-state index is 0.0478. The van der Waals surface area contributed by atoms with Gasteiger partial charge in [-0.05, 0) is 48.4 Å². The molecule has 2 heterocycles. The lowest BCUT2D eigenvalue weighted by molar-refractivity contribution is 0.0633. The number of carbonyl (C=O) groups is 1. The smallest absolute Gasteiger partial charge is 0.254 e. The van der Waals surface area contributed by atoms with E-state index in [4.69, 9.17) is 0 Å². The Labute approximate surface area is 156 Å². The summed E-state index contributed by atoms with van der Waals surface area (Å²) in [5.74, 6) is -0.341. The monoisotopic (exact) mass is 365 g/mol. The van der Waals surface area contributed by atoms with Crippen LogP contribution in [0, 0.1) is 12.7 Å². The molecular weight excluding hydrogens is 345 g/mol. The van der Waals surface area contributed by atoms with Crippen molar-refractivity contribution >= 4 is 5.91 Å². The van der Waals surface area contributed by atoms with Crippen LogP contribution >= 0.6 is 0 Å². The number of aromatic nitrogens is 3. The summed E-state index contributed by atoms with van der Waals surface area (Å²) in [6.45, 7) is 3.80. The molecule has 1 aromatic heterocycles. The number of benzene rings is 2. The molecule has 1 N–H and O–H groups in total. The van der Waals surface area contributed by atoms with Crippen molar-refractivity contribution in [3.63, 3.8) is 0 Å². The zero-order valence-electron chi connectivity index (χ0n) is 15.0. The number of nitrogens with zero attached hydrogens (tertiary/aromatic N) is 4. The van der Waals surface area contributed by atoms with Gasteiger partial charge in [0.1, 0.15) is 18.5 Å². The fourth-order valence-corrected chi connectivity index (χ4v) is 3.49. The Balaban J connectivity index is 1.64. The van der Waals surface area contributed by atoms with Gasteiger partial charge in [-0.3, -0.25) is 4.79 Å². The summed E-state index contributed by atoms with van der Waals surface area (Å²) < 4.78 is 15.3. The molecule has 0 saturated carbocycles. The van der Waals surface area contributed by atoms with Gasteiger partial charge in [0, 0.05) is 25.2 Å². The largest absolute Gasteiger partial charge is 0.329 e. The third-order valence-electron chi connectivity index (χ3n) is 4.86. The van der Waals surface area contributed by atoms with Crippen molar-refractivity contribution in [3.8, 4) is 5.69 Å². The van der Waals surface area contributed by atoms with Crippen LogP contribution < -0.4 is 5.32 Å². The summed E-state index contributed by atoms with van der Waals surface area (Å²) in [4.78, 5) is 19.0. The zero-order chi connectivity index (χ0) is 18.8. The Bertz CT molecular complexity index is 957. The third-order valence-corrected chi connectivity index (χ3v) is 4.86. The van der Waals surface area contributed by atoms with Crippen LogP contribution in [-0.4, -0.2) is 45.2 Å². The number of hydrogen-bond acceptors (Lipinski definition) is 4. The Kier molecular flexibility index (Phi) is 4.68. The number of hydrogen-bond donors (Lipinski definition) is 1. The molecule has 27 heavy (non-hydrogen) atoms. The molecule has 1 aliphatic rings. The minimum atomic E-state index is -0.293. The Morgan fingerprint density at radius 3 is 2.89 bits per heavy atom. The standard InChI is InChI=1S/C20H20FN5O/c1-14-9-17(26-13-23-12-24-26)5-6-18(14)20(27)25-8-7-22-11-19(25)15-3-2-4-16(21)10-15/h2-6,9-10,12-13,19,22H,7-8,11H2,1H3. The summed E-state index contributed by atoms with van der Waals surface area (Å²) in [7, 11) is 0. The predicted molar refractivity (Wildman–Crippen MR) is 99.1 cm³/mol. The van der Waals surface area contributed by atoms with Crippen molar-refractivity contribution < 1.29 is 9.18 Å². The molecule has 0 bridgehead atoms. The Hall–Kier alpha value is -3.06. The van der Waals surface area contributed by atoms with E-state index in [9.17, 15) is 9.18 Å². The molecule has 1 aliphatic heterocycles. The number of piperazine rings is 1. The molecule has 7 heteroatoms. The van der Waals surface area contributed by atoms with Gasteiger partial charge in [-0.1, -0.05) is 12.1 Å².